The van der Waals surface area contributed by atoms with Gasteiger partial charge in [-0.3, -0.25) is 14.5 Å². The molecule has 3 aromatic rings. The minimum Gasteiger partial charge on any atom is -0.451 e. The number of halogens is 3. The average molecular weight is 583 g/mol. The molecular formula is C32H37F3N4O3. The predicted octanol–water partition coefficient (Wildman–Crippen LogP) is 6.53. The lowest BCUT2D eigenvalue weighted by Crippen LogP contribution is -2.53. The summed E-state index contributed by atoms with van der Waals surface area (Å²) < 4.78 is 45.4. The van der Waals surface area contributed by atoms with Crippen LogP contribution in [-0.4, -0.2) is 64.9 Å². The Kier molecular flexibility index (Phi) is 8.25. The molecule has 1 aromatic carbocycles. The first kappa shape index (κ1) is 28.7. The molecule has 2 saturated heterocycles. The molecular weight excluding hydrogens is 545 g/mol. The van der Waals surface area contributed by atoms with Crippen molar-refractivity contribution in [3.8, 4) is 0 Å². The monoisotopic (exact) mass is 582 g/mol. The van der Waals surface area contributed by atoms with E-state index in [-0.39, 0.29) is 23.8 Å². The summed E-state index contributed by atoms with van der Waals surface area (Å²) in [7, 11) is 0. The Morgan fingerprint density at radius 3 is 2.24 bits per heavy atom. The van der Waals surface area contributed by atoms with Gasteiger partial charge in [-0.1, -0.05) is 37.5 Å². The zero-order valence-corrected chi connectivity index (χ0v) is 23.7. The van der Waals surface area contributed by atoms with Crippen LogP contribution in [-0.2, 0) is 11.0 Å². The van der Waals surface area contributed by atoms with Crippen molar-refractivity contribution in [2.45, 2.75) is 76.0 Å². The number of pyridine rings is 1. The highest BCUT2D eigenvalue weighted by Crippen LogP contribution is 2.34. The van der Waals surface area contributed by atoms with Gasteiger partial charge in [0.1, 0.15) is 11.4 Å². The van der Waals surface area contributed by atoms with Crippen LogP contribution >= 0.6 is 0 Å². The van der Waals surface area contributed by atoms with Crippen LogP contribution in [0.1, 0.15) is 73.9 Å². The van der Waals surface area contributed by atoms with Gasteiger partial charge in [0, 0.05) is 55.8 Å². The second-order valence-corrected chi connectivity index (χ2v) is 11.9. The number of carbonyl (C=O) groups excluding carboxylic acids is 2. The molecule has 3 fully saturated rings. The average Bonchev–Trinajstić information content (AvgIpc) is 3.46. The van der Waals surface area contributed by atoms with Crippen LogP contribution in [0.25, 0.3) is 11.0 Å². The molecule has 3 aliphatic rings. The topological polar surface area (TPSA) is 69.9 Å². The molecule has 0 radical (unpaired) electrons. The van der Waals surface area contributed by atoms with E-state index in [0.29, 0.717) is 36.3 Å². The van der Waals surface area contributed by atoms with E-state index in [1.54, 1.807) is 11.0 Å². The van der Waals surface area contributed by atoms with E-state index in [9.17, 15) is 22.8 Å². The van der Waals surface area contributed by atoms with Crippen LogP contribution in [0.3, 0.4) is 0 Å². The fourth-order valence-electron chi connectivity index (χ4n) is 6.91. The molecule has 6 rings (SSSR count). The van der Waals surface area contributed by atoms with Gasteiger partial charge in [0.25, 0.3) is 5.91 Å². The van der Waals surface area contributed by atoms with Crippen LogP contribution in [0.15, 0.2) is 53.1 Å². The number of aromatic nitrogens is 1. The first-order valence-electron chi connectivity index (χ1n) is 15.2. The quantitative estimate of drug-likeness (QED) is 0.342. The molecule has 4 heterocycles. The van der Waals surface area contributed by atoms with Crippen LogP contribution in [0, 0.1) is 5.92 Å². The van der Waals surface area contributed by atoms with Crippen LogP contribution in [0.2, 0.25) is 0 Å². The third kappa shape index (κ3) is 6.04. The molecule has 0 unspecified atom stereocenters. The number of furan rings is 1. The molecule has 7 nitrogen and oxygen atoms in total. The number of rotatable bonds is 5. The summed E-state index contributed by atoms with van der Waals surface area (Å²) in [5.41, 5.74) is -0.0996. The van der Waals surface area contributed by atoms with Gasteiger partial charge in [-0.05, 0) is 62.8 Å². The van der Waals surface area contributed by atoms with Gasteiger partial charge in [-0.25, -0.2) is 4.98 Å². The van der Waals surface area contributed by atoms with E-state index in [1.165, 1.54) is 6.07 Å². The largest absolute Gasteiger partial charge is 0.451 e. The number of alkyl halides is 3. The third-order valence-corrected chi connectivity index (χ3v) is 9.28. The number of carbonyl (C=O) groups is 2. The summed E-state index contributed by atoms with van der Waals surface area (Å²) in [5, 5.41) is 0.918. The van der Waals surface area contributed by atoms with Gasteiger partial charge < -0.3 is 14.2 Å². The predicted molar refractivity (Wildman–Crippen MR) is 153 cm³/mol. The Balaban J connectivity index is 1.08. The summed E-state index contributed by atoms with van der Waals surface area (Å²) in [6.07, 6.45) is 4.32. The first-order valence-corrected chi connectivity index (χ1v) is 15.2. The smallest absolute Gasteiger partial charge is 0.417 e. The van der Waals surface area contributed by atoms with E-state index >= 15 is 0 Å². The van der Waals surface area contributed by atoms with Crippen molar-refractivity contribution in [2.75, 3.05) is 31.1 Å². The fourth-order valence-corrected chi connectivity index (χ4v) is 6.91. The number of likely N-dealkylation sites (tertiary alicyclic amines) is 2. The Labute approximate surface area is 243 Å². The van der Waals surface area contributed by atoms with Crippen molar-refractivity contribution in [3.05, 3.63) is 60.0 Å². The molecule has 1 aliphatic carbocycles. The number of piperidine rings is 2. The van der Waals surface area contributed by atoms with E-state index in [2.05, 4.69) is 9.88 Å². The zero-order chi connectivity index (χ0) is 29.3. The van der Waals surface area contributed by atoms with Gasteiger partial charge in [0.15, 0.2) is 5.76 Å². The van der Waals surface area contributed by atoms with E-state index in [1.807, 2.05) is 29.2 Å². The van der Waals surface area contributed by atoms with Crippen LogP contribution in [0.5, 0.6) is 0 Å². The zero-order valence-electron chi connectivity index (χ0n) is 23.7. The molecule has 1 saturated carbocycles. The second kappa shape index (κ2) is 12.1. The van der Waals surface area contributed by atoms with Gasteiger partial charge in [-0.15, -0.1) is 0 Å². The molecule has 10 heteroatoms. The minimum absolute atomic E-state index is 0.00202. The molecule has 42 heavy (non-hydrogen) atoms. The Hall–Kier alpha value is -3.40. The number of fused-ring (bicyclic) bond motifs is 1. The Morgan fingerprint density at radius 1 is 0.881 bits per heavy atom. The number of hydrogen-bond donors (Lipinski definition) is 0. The second-order valence-electron chi connectivity index (χ2n) is 11.9. The molecule has 224 valence electrons. The number of nitrogens with zero attached hydrogens (tertiary/aromatic N) is 4. The molecule has 2 amide bonds. The number of hydrogen-bond acceptors (Lipinski definition) is 5. The van der Waals surface area contributed by atoms with E-state index in [0.717, 1.165) is 88.5 Å². The van der Waals surface area contributed by atoms with Gasteiger partial charge in [0.05, 0.1) is 5.56 Å². The first-order chi connectivity index (χ1) is 20.3. The lowest BCUT2D eigenvalue weighted by atomic mass is 9.87. The van der Waals surface area contributed by atoms with Gasteiger partial charge >= 0.3 is 6.18 Å². The molecule has 0 N–H and O–H groups in total. The standard InChI is InChI=1S/C32H37F3N4O3/c33-32(34,35)24-10-11-29(36-21-24)39(30(40)22-6-2-1-3-7-22)26-14-16-37(17-15-26)25-12-18-38(19-13-25)31(41)28-20-23-8-4-5-9-27(23)42-28/h4-5,8-11,20-22,25-26H,1-3,6-7,12-19H2. The van der Waals surface area contributed by atoms with Crippen molar-refractivity contribution >= 4 is 28.6 Å². The molecule has 0 atom stereocenters. The van der Waals surface area contributed by atoms with Crippen molar-refractivity contribution in [1.29, 1.82) is 0 Å². The Bertz CT molecular complexity index is 1350. The normalized spacial score (nSPS) is 20.2. The maximum Gasteiger partial charge on any atom is 0.417 e. The van der Waals surface area contributed by atoms with Crippen molar-refractivity contribution in [2.24, 2.45) is 5.92 Å². The van der Waals surface area contributed by atoms with Gasteiger partial charge in [-0.2, -0.15) is 13.2 Å². The summed E-state index contributed by atoms with van der Waals surface area (Å²) >= 11 is 0. The van der Waals surface area contributed by atoms with Crippen LogP contribution < -0.4 is 4.90 Å². The summed E-state index contributed by atoms with van der Waals surface area (Å²) in [4.78, 5) is 37.0. The lowest BCUT2D eigenvalue weighted by molar-refractivity contribution is -0.137. The van der Waals surface area contributed by atoms with E-state index in [4.69, 9.17) is 4.42 Å². The summed E-state index contributed by atoms with van der Waals surface area (Å²) in [5.74, 6) is 0.501. The number of anilines is 1. The summed E-state index contributed by atoms with van der Waals surface area (Å²) in [6, 6.07) is 12.0. The molecule has 2 aliphatic heterocycles. The minimum atomic E-state index is -4.47. The van der Waals surface area contributed by atoms with Crippen molar-refractivity contribution < 1.29 is 27.2 Å². The number of para-hydroxylation sites is 1. The van der Waals surface area contributed by atoms with Crippen molar-refractivity contribution in [3.63, 3.8) is 0 Å². The lowest BCUT2D eigenvalue weighted by Gasteiger charge is -2.44. The maximum atomic E-state index is 13.7. The number of amides is 2. The highest BCUT2D eigenvalue weighted by atomic mass is 19.4. The molecule has 0 bridgehead atoms. The molecule has 2 aromatic heterocycles. The Morgan fingerprint density at radius 2 is 1.60 bits per heavy atom. The number of benzene rings is 1. The van der Waals surface area contributed by atoms with Crippen LogP contribution in [0.4, 0.5) is 19.0 Å². The SMILES string of the molecule is O=C(c1cc2ccccc2o1)N1CCC(N2CCC(N(C(=O)C3CCCCC3)c3ccc(C(F)(F)F)cn3)CC2)CC1. The summed E-state index contributed by atoms with van der Waals surface area (Å²) in [6.45, 7) is 2.90. The van der Waals surface area contributed by atoms with Gasteiger partial charge in [0.2, 0.25) is 5.91 Å². The fraction of sp³-hybridized carbons (Fsp3) is 0.531. The maximum absolute atomic E-state index is 13.7. The molecule has 0 spiro atoms. The third-order valence-electron chi connectivity index (χ3n) is 9.28. The highest BCUT2D eigenvalue weighted by Gasteiger charge is 2.37. The van der Waals surface area contributed by atoms with Crippen molar-refractivity contribution in [1.82, 2.24) is 14.8 Å². The van der Waals surface area contributed by atoms with E-state index < -0.39 is 11.7 Å². The highest BCUT2D eigenvalue weighted by molar-refractivity contribution is 5.96.